The van der Waals surface area contributed by atoms with Crippen molar-refractivity contribution in [3.63, 3.8) is 0 Å². The molecule has 706 valence electrons. The molecule has 6 aliphatic rings. The van der Waals surface area contributed by atoms with Crippen LogP contribution in [0.25, 0.3) is 27.9 Å². The van der Waals surface area contributed by atoms with Crippen LogP contribution in [-0.2, 0) is 117 Å². The van der Waals surface area contributed by atoms with E-state index in [1.807, 2.05) is 55.4 Å². The van der Waals surface area contributed by atoms with Gasteiger partial charge in [0.2, 0.25) is 5.91 Å². The molecule has 1 amide bonds. The Kier molecular flexibility index (Phi) is 37.2. The first-order valence-corrected chi connectivity index (χ1v) is 44.9. The van der Waals surface area contributed by atoms with E-state index in [4.69, 9.17) is 29.4 Å². The van der Waals surface area contributed by atoms with Gasteiger partial charge in [0.1, 0.15) is 22.2 Å². The number of carbonyl (C=O) groups is 6. The fourth-order valence-electron chi connectivity index (χ4n) is 15.3. The van der Waals surface area contributed by atoms with Crippen LogP contribution in [0, 0.1) is 76.0 Å². The molecule has 0 radical (unpaired) electrons. The Bertz CT molecular complexity index is 6340. The molecule has 5 aromatic rings. The summed E-state index contributed by atoms with van der Waals surface area (Å²) in [5, 5.41) is 39.9. The number of hydrogen-bond acceptors (Lipinski definition) is 20. The second-order valence-electron chi connectivity index (χ2n) is 35.5. The number of nitrogens with two attached hydrogens (primary N) is 1. The first kappa shape index (κ1) is 107. The first-order valence-electron chi connectivity index (χ1n) is 44.9. The summed E-state index contributed by atoms with van der Waals surface area (Å²) in [6, 6.07) is 0. The molecule has 0 spiro atoms. The van der Waals surface area contributed by atoms with Gasteiger partial charge in [0.25, 0.3) is 27.8 Å². The van der Waals surface area contributed by atoms with Gasteiger partial charge in [-0.05, 0) is 183 Å². The minimum absolute atomic E-state index is 0.0854. The van der Waals surface area contributed by atoms with Crippen molar-refractivity contribution in [3.8, 4) is 59.2 Å². The third kappa shape index (κ3) is 26.4. The molecule has 0 aliphatic heterocycles. The lowest BCUT2D eigenvalue weighted by Crippen LogP contribution is -2.30. The summed E-state index contributed by atoms with van der Waals surface area (Å²) in [6.45, 7) is 53.2. The molecule has 6 aliphatic carbocycles. The molecule has 0 aromatic carbocycles. The zero-order chi connectivity index (χ0) is 99.3. The van der Waals surface area contributed by atoms with E-state index >= 15 is 0 Å². The number of rotatable bonds is 26. The Morgan fingerprint density at radius 2 is 0.609 bits per heavy atom. The SMILES string of the molecule is C=CCCn1cc(C#CC(C)(C)C(N)=O)c2c(c1=O)CC(C)=C2C(=O)OCC.C=CCCn1cc(C#CC(C)(C)CO)c2c(c1=O)CC(C)=C2C(=O)OCC.C=CCCn1cc(C#CC(C)(C)O)c2c(c1=O)CC(C)=C2C(=O)OCC.C=CCCn1cc(C#CC(C)(O)C2CC2)c2c(c1=O)CC(C)=C2C(=O)OCC.CCOC(=O)C1=C(C)Cc2c1c(C#CC(C)(C)O)cn(CC)c2=O. The summed E-state index contributed by atoms with van der Waals surface area (Å²) in [5.74, 6) is 26.9. The van der Waals surface area contributed by atoms with Gasteiger partial charge in [-0.1, -0.05) is 111 Å². The summed E-state index contributed by atoms with van der Waals surface area (Å²) in [4.78, 5) is 138. The van der Waals surface area contributed by atoms with Crippen molar-refractivity contribution in [2.24, 2.45) is 22.5 Å². The van der Waals surface area contributed by atoms with Crippen molar-refractivity contribution in [2.45, 2.75) is 259 Å². The van der Waals surface area contributed by atoms with Crippen molar-refractivity contribution in [1.29, 1.82) is 0 Å². The van der Waals surface area contributed by atoms with Crippen LogP contribution >= 0.6 is 0 Å². The van der Waals surface area contributed by atoms with Crippen LogP contribution in [0.1, 0.15) is 260 Å². The van der Waals surface area contributed by atoms with E-state index in [9.17, 15) is 73.2 Å². The average Bonchev–Trinajstić information content (AvgIpc) is 1.64. The Morgan fingerprint density at radius 1 is 0.383 bits per heavy atom. The Morgan fingerprint density at radius 3 is 0.820 bits per heavy atom. The highest BCUT2D eigenvalue weighted by molar-refractivity contribution is 6.23. The molecule has 1 saturated carbocycles. The van der Waals surface area contributed by atoms with E-state index in [1.165, 1.54) is 0 Å². The van der Waals surface area contributed by atoms with Gasteiger partial charge in [0, 0.05) is 185 Å². The quantitative estimate of drug-likeness (QED) is 0.0149. The van der Waals surface area contributed by atoms with E-state index in [0.717, 1.165) is 40.7 Å². The standard InChI is InChI=1S/C23H27NO4.C22H26N2O4.C22H27NO4.C21H25NO4.C19H23NO4/c1-5-7-12-24-14-16(10-11-23(4,27)17-8-9-17)20-18(21(24)25)13-15(3)19(20)22(26)28-6-2;1-6-8-11-24-13-15(9-10-22(4,5)21(23)27)18-16(19(24)25)12-14(3)17(18)20(26)28-7-2;1-6-8-11-23-13-16(9-10-22(4,5)14-24)19-17(20(23)25)12-15(3)18(19)21(26)27-7-2;1-6-8-11-22-13-15(9-10-21(4,5)25)18-16(19(22)23)12-14(3)17(18)20(24)26-7-2;1-6-20-11-13(8-9-19(4,5)23)16-14(17(20)21)10-12(3)15(16)18(22)24-7-2/h5,14,17,27H,1,6-9,12-13H2,2-4H3;6,13H,1,7-8,11-12H2,2-5H3,(H2,23,27);6,13,24H,1,7-8,11-12,14H2,2-5H3;6,13,25H,1,7-8,11-12H2,2-5H3;11,23H,6-7,10H2,1-5H3. The zero-order valence-electron chi connectivity index (χ0n) is 80.8. The van der Waals surface area contributed by atoms with Gasteiger partial charge in [0.15, 0.2) is 0 Å². The number of allylic oxidation sites excluding steroid dienone is 9. The second-order valence-corrected chi connectivity index (χ2v) is 35.5. The molecule has 5 heterocycles. The number of aryl methyl sites for hydroxylation is 5. The van der Waals surface area contributed by atoms with Crippen LogP contribution in [-0.4, -0.2) is 135 Å². The van der Waals surface area contributed by atoms with E-state index in [2.05, 4.69) is 85.5 Å². The fraction of sp³-hybridized carbons (Fsp3) is 0.449. The van der Waals surface area contributed by atoms with Gasteiger partial charge in [-0.3, -0.25) is 28.8 Å². The van der Waals surface area contributed by atoms with E-state index in [-0.39, 0.29) is 73.4 Å². The molecule has 26 heteroatoms. The van der Waals surface area contributed by atoms with Crippen molar-refractivity contribution < 1.29 is 72.9 Å². The highest BCUT2D eigenvalue weighted by Crippen LogP contribution is 2.42. The van der Waals surface area contributed by atoms with Gasteiger partial charge < -0.3 is 72.7 Å². The third-order valence-electron chi connectivity index (χ3n) is 22.4. The molecule has 6 N–H and O–H groups in total. The lowest BCUT2D eigenvalue weighted by atomic mass is 9.92. The van der Waals surface area contributed by atoms with Crippen LogP contribution in [0.4, 0.5) is 0 Å². The molecule has 0 saturated heterocycles. The molecular weight excluding hydrogens is 1690 g/mol. The van der Waals surface area contributed by atoms with Gasteiger partial charge in [-0.25, -0.2) is 24.0 Å². The minimum Gasteiger partial charge on any atom is -0.462 e. The van der Waals surface area contributed by atoms with Gasteiger partial charge in [-0.15, -0.1) is 26.3 Å². The van der Waals surface area contributed by atoms with Crippen LogP contribution in [0.5, 0.6) is 0 Å². The number of aliphatic hydroxyl groups is 4. The highest BCUT2D eigenvalue weighted by atomic mass is 16.5. The molecule has 5 aromatic heterocycles. The van der Waals surface area contributed by atoms with Crippen molar-refractivity contribution >= 4 is 63.6 Å². The van der Waals surface area contributed by atoms with Crippen LogP contribution in [0.15, 0.2) is 133 Å². The third-order valence-corrected chi connectivity index (χ3v) is 22.4. The molecule has 26 nitrogen and oxygen atoms in total. The topological polar surface area (TPSA) is 366 Å². The van der Waals surface area contributed by atoms with Gasteiger partial charge in [0.05, 0.1) is 67.5 Å². The number of ether oxygens (including phenoxy) is 5. The number of carbonyl (C=O) groups excluding carboxylic acids is 6. The second kappa shape index (κ2) is 46.3. The van der Waals surface area contributed by atoms with Gasteiger partial charge >= 0.3 is 29.8 Å². The summed E-state index contributed by atoms with van der Waals surface area (Å²) in [6.07, 6.45) is 21.8. The molecular formula is C107H128N6O20. The highest BCUT2D eigenvalue weighted by Gasteiger charge is 2.41. The molecule has 133 heavy (non-hydrogen) atoms. The summed E-state index contributed by atoms with van der Waals surface area (Å²) in [7, 11) is 0. The maximum Gasteiger partial charge on any atom is 0.338 e. The maximum atomic E-state index is 13.0. The maximum absolute atomic E-state index is 13.0. The number of nitrogens with zero attached hydrogens (tertiary/aromatic N) is 5. The smallest absolute Gasteiger partial charge is 0.338 e. The normalized spacial score (nSPS) is 14.0. The van der Waals surface area contributed by atoms with Crippen LogP contribution < -0.4 is 33.5 Å². The van der Waals surface area contributed by atoms with Crippen molar-refractivity contribution in [2.75, 3.05) is 39.6 Å². The predicted molar refractivity (Wildman–Crippen MR) is 517 cm³/mol. The lowest BCUT2D eigenvalue weighted by Gasteiger charge is -2.15. The molecule has 1 atom stereocenters. The number of hydrogen-bond donors (Lipinski definition) is 5. The number of pyridine rings is 5. The molecule has 11 rings (SSSR count). The summed E-state index contributed by atoms with van der Waals surface area (Å²) >= 11 is 0. The van der Waals surface area contributed by atoms with E-state index in [1.54, 1.807) is 161 Å². The monoisotopic (exact) mass is 1820 g/mol. The predicted octanol–water partition coefficient (Wildman–Crippen LogP) is 12.0. The van der Waals surface area contributed by atoms with Gasteiger partial charge in [-0.2, -0.15) is 0 Å². The Hall–Kier alpha value is -13.1. The molecule has 1 fully saturated rings. The number of esters is 5. The molecule has 1 unspecified atom stereocenters. The van der Waals surface area contributed by atoms with Crippen molar-refractivity contribution in [3.05, 3.63) is 245 Å². The number of primary amides is 1. The minimum atomic E-state index is -1.18. The zero-order valence-corrected chi connectivity index (χ0v) is 80.8. The number of aliphatic hydroxyl groups excluding tert-OH is 1. The molecule has 0 bridgehead atoms. The number of aromatic nitrogens is 5. The Balaban J connectivity index is 0.000000227. The summed E-state index contributed by atoms with van der Waals surface area (Å²) < 4.78 is 33.9. The Labute approximate surface area is 779 Å². The largest absolute Gasteiger partial charge is 0.462 e. The number of fused-ring (bicyclic) bond motifs is 5. The number of amides is 1. The lowest BCUT2D eigenvalue weighted by molar-refractivity contribution is -0.137. The van der Waals surface area contributed by atoms with Crippen molar-refractivity contribution in [1.82, 2.24) is 22.8 Å². The van der Waals surface area contributed by atoms with E-state index in [0.29, 0.717) is 202 Å². The van der Waals surface area contributed by atoms with E-state index < -0.39 is 63.4 Å². The fourth-order valence-corrected chi connectivity index (χ4v) is 15.3. The summed E-state index contributed by atoms with van der Waals surface area (Å²) in [5.41, 5.74) is 14.1. The van der Waals surface area contributed by atoms with Crippen LogP contribution in [0.2, 0.25) is 0 Å². The van der Waals surface area contributed by atoms with Crippen LogP contribution in [0.3, 0.4) is 0 Å². The average molecular weight is 1820 g/mol. The first-order chi connectivity index (χ1) is 62.6.